The first-order valence-corrected chi connectivity index (χ1v) is 6.16. The van der Waals surface area contributed by atoms with E-state index in [0.29, 0.717) is 6.04 Å². The van der Waals surface area contributed by atoms with Crippen molar-refractivity contribution in [1.82, 2.24) is 15.0 Å². The molecule has 0 spiro atoms. The normalized spacial score (nSPS) is 16.2. The fourth-order valence-electron chi connectivity index (χ4n) is 2.42. The Morgan fingerprint density at radius 1 is 1.18 bits per heavy atom. The molecule has 0 bridgehead atoms. The molecule has 1 heterocycles. The maximum absolute atomic E-state index is 4.05. The lowest BCUT2D eigenvalue weighted by Gasteiger charge is -2.16. The number of anilines is 1. The minimum atomic E-state index is 0.611. The summed E-state index contributed by atoms with van der Waals surface area (Å²) in [7, 11) is 0. The Balaban J connectivity index is 1.88. The van der Waals surface area contributed by atoms with Gasteiger partial charge in [0.15, 0.2) is 0 Å². The minimum Gasteiger partial charge on any atom is -0.381 e. The van der Waals surface area contributed by atoms with E-state index in [1.165, 1.54) is 25.7 Å². The van der Waals surface area contributed by atoms with Crippen LogP contribution in [-0.2, 0) is 0 Å². The highest BCUT2D eigenvalue weighted by Crippen LogP contribution is 2.25. The number of nitrogens with zero attached hydrogens (tertiary/aromatic N) is 3. The Morgan fingerprint density at radius 3 is 2.76 bits per heavy atom. The highest BCUT2D eigenvalue weighted by molar-refractivity contribution is 5.61. The van der Waals surface area contributed by atoms with Crippen LogP contribution in [0.1, 0.15) is 25.7 Å². The number of hydrogen-bond acceptors (Lipinski definition) is 3. The summed E-state index contributed by atoms with van der Waals surface area (Å²) in [6.45, 7) is 0. The maximum atomic E-state index is 4.05. The molecule has 0 radical (unpaired) electrons. The van der Waals surface area contributed by atoms with Gasteiger partial charge in [0.1, 0.15) is 0 Å². The zero-order valence-electron chi connectivity index (χ0n) is 9.71. The topological polar surface area (TPSA) is 42.7 Å². The van der Waals surface area contributed by atoms with E-state index in [2.05, 4.69) is 33.8 Å². The molecule has 88 valence electrons. The van der Waals surface area contributed by atoms with Gasteiger partial charge in [0, 0.05) is 6.04 Å². The third-order valence-electron chi connectivity index (χ3n) is 3.29. The van der Waals surface area contributed by atoms with Crippen molar-refractivity contribution in [3.8, 4) is 5.69 Å². The van der Waals surface area contributed by atoms with Crippen LogP contribution in [0.4, 0.5) is 5.69 Å². The van der Waals surface area contributed by atoms with Crippen LogP contribution in [0.15, 0.2) is 36.7 Å². The number of aromatic nitrogens is 3. The van der Waals surface area contributed by atoms with Gasteiger partial charge in [-0.15, -0.1) is 5.10 Å². The third kappa shape index (κ3) is 2.16. The summed E-state index contributed by atoms with van der Waals surface area (Å²) >= 11 is 0. The summed E-state index contributed by atoms with van der Waals surface area (Å²) < 4.78 is 1.80. The zero-order chi connectivity index (χ0) is 11.5. The van der Waals surface area contributed by atoms with Crippen molar-refractivity contribution in [2.45, 2.75) is 31.7 Å². The zero-order valence-corrected chi connectivity index (χ0v) is 9.71. The molecule has 2 aromatic rings. The van der Waals surface area contributed by atoms with Gasteiger partial charge in [0.2, 0.25) is 0 Å². The largest absolute Gasteiger partial charge is 0.381 e. The number of nitrogens with one attached hydrogen (secondary N) is 1. The molecule has 3 rings (SSSR count). The van der Waals surface area contributed by atoms with Crippen LogP contribution in [0.3, 0.4) is 0 Å². The van der Waals surface area contributed by atoms with E-state index in [9.17, 15) is 0 Å². The average molecular weight is 228 g/mol. The van der Waals surface area contributed by atoms with Gasteiger partial charge in [-0.05, 0) is 25.0 Å². The van der Waals surface area contributed by atoms with Crippen molar-refractivity contribution in [1.29, 1.82) is 0 Å². The van der Waals surface area contributed by atoms with Crippen LogP contribution in [0.2, 0.25) is 0 Å². The van der Waals surface area contributed by atoms with Crippen molar-refractivity contribution in [2.24, 2.45) is 0 Å². The van der Waals surface area contributed by atoms with Gasteiger partial charge in [-0.3, -0.25) is 0 Å². The molecule has 1 aromatic carbocycles. The summed E-state index contributed by atoms with van der Waals surface area (Å²) in [5.41, 5.74) is 2.21. The average Bonchev–Trinajstić information content (AvgIpc) is 3.01. The first kappa shape index (κ1) is 10.3. The SMILES string of the molecule is c1ccc(-n2ccnn2)c(NC2CCCC2)c1. The van der Waals surface area contributed by atoms with E-state index in [1.807, 2.05) is 12.3 Å². The van der Waals surface area contributed by atoms with Gasteiger partial charge in [-0.1, -0.05) is 30.2 Å². The molecule has 17 heavy (non-hydrogen) atoms. The third-order valence-corrected chi connectivity index (χ3v) is 3.29. The Hall–Kier alpha value is -1.84. The van der Waals surface area contributed by atoms with Gasteiger partial charge in [-0.2, -0.15) is 0 Å². The molecule has 4 nitrogen and oxygen atoms in total. The van der Waals surface area contributed by atoms with Gasteiger partial charge >= 0.3 is 0 Å². The smallest absolute Gasteiger partial charge is 0.0894 e. The Bertz CT molecular complexity index is 472. The van der Waals surface area contributed by atoms with Gasteiger partial charge < -0.3 is 5.32 Å². The summed E-state index contributed by atoms with van der Waals surface area (Å²) in [5, 5.41) is 11.5. The molecule has 4 heteroatoms. The monoisotopic (exact) mass is 228 g/mol. The predicted octanol–water partition coefficient (Wildman–Crippen LogP) is 2.62. The maximum Gasteiger partial charge on any atom is 0.0894 e. The van der Waals surface area contributed by atoms with Crippen molar-refractivity contribution in [3.05, 3.63) is 36.7 Å². The van der Waals surface area contributed by atoms with Crippen LogP contribution in [0.5, 0.6) is 0 Å². The highest BCUT2D eigenvalue weighted by atomic mass is 15.4. The van der Waals surface area contributed by atoms with Crippen LogP contribution in [0.25, 0.3) is 5.69 Å². The molecule has 0 amide bonds. The molecule has 0 unspecified atom stereocenters. The molecule has 0 saturated heterocycles. The minimum absolute atomic E-state index is 0.611. The van der Waals surface area contributed by atoms with E-state index >= 15 is 0 Å². The lowest BCUT2D eigenvalue weighted by molar-refractivity contribution is 0.748. The second-order valence-electron chi connectivity index (χ2n) is 4.49. The summed E-state index contributed by atoms with van der Waals surface area (Å²) in [6, 6.07) is 8.86. The van der Waals surface area contributed by atoms with Gasteiger partial charge in [-0.25, -0.2) is 4.68 Å². The Kier molecular flexibility index (Phi) is 2.78. The molecule has 0 aliphatic heterocycles. The lowest BCUT2D eigenvalue weighted by Crippen LogP contribution is -2.16. The van der Waals surface area contributed by atoms with Crippen molar-refractivity contribution < 1.29 is 0 Å². The highest BCUT2D eigenvalue weighted by Gasteiger charge is 2.16. The molecule has 1 aliphatic carbocycles. The fraction of sp³-hybridized carbons (Fsp3) is 0.385. The first-order valence-electron chi connectivity index (χ1n) is 6.16. The molecule has 0 atom stereocenters. The number of benzene rings is 1. The number of hydrogen-bond donors (Lipinski definition) is 1. The summed E-state index contributed by atoms with van der Waals surface area (Å²) in [4.78, 5) is 0. The van der Waals surface area contributed by atoms with Crippen LogP contribution in [0, 0.1) is 0 Å². The van der Waals surface area contributed by atoms with Crippen molar-refractivity contribution in [3.63, 3.8) is 0 Å². The van der Waals surface area contributed by atoms with Crippen LogP contribution < -0.4 is 5.32 Å². The number of para-hydroxylation sites is 2. The van der Waals surface area contributed by atoms with E-state index in [1.54, 1.807) is 10.9 Å². The molecule has 1 fully saturated rings. The number of rotatable bonds is 3. The van der Waals surface area contributed by atoms with Crippen molar-refractivity contribution in [2.75, 3.05) is 5.32 Å². The van der Waals surface area contributed by atoms with Crippen LogP contribution >= 0.6 is 0 Å². The molecular formula is C13H16N4. The second kappa shape index (κ2) is 4.57. The van der Waals surface area contributed by atoms with Gasteiger partial charge in [0.05, 0.1) is 23.8 Å². The summed E-state index contributed by atoms with van der Waals surface area (Å²) in [6.07, 6.45) is 8.78. The summed E-state index contributed by atoms with van der Waals surface area (Å²) in [5.74, 6) is 0. The van der Waals surface area contributed by atoms with Crippen LogP contribution in [-0.4, -0.2) is 21.0 Å². The Labute approximate surface area is 101 Å². The quantitative estimate of drug-likeness (QED) is 0.878. The lowest BCUT2D eigenvalue weighted by atomic mass is 10.2. The molecule has 1 aliphatic rings. The van der Waals surface area contributed by atoms with E-state index in [-0.39, 0.29) is 0 Å². The fourth-order valence-corrected chi connectivity index (χ4v) is 2.42. The molecule has 1 aromatic heterocycles. The van der Waals surface area contributed by atoms with E-state index < -0.39 is 0 Å². The van der Waals surface area contributed by atoms with E-state index in [0.717, 1.165) is 11.4 Å². The van der Waals surface area contributed by atoms with E-state index in [4.69, 9.17) is 0 Å². The molecular weight excluding hydrogens is 212 g/mol. The molecule has 1 N–H and O–H groups in total. The second-order valence-corrected chi connectivity index (χ2v) is 4.49. The standard InChI is InChI=1S/C13H16N4/c1-2-6-11(5-1)15-12-7-3-4-8-13(12)17-10-9-14-16-17/h3-4,7-11,15H,1-2,5-6H2. The predicted molar refractivity (Wildman–Crippen MR) is 67.2 cm³/mol. The van der Waals surface area contributed by atoms with Crippen molar-refractivity contribution >= 4 is 5.69 Å². The van der Waals surface area contributed by atoms with Gasteiger partial charge in [0.25, 0.3) is 0 Å². The molecule has 1 saturated carbocycles. The first-order chi connectivity index (χ1) is 8.43. The Morgan fingerprint density at radius 2 is 2.00 bits per heavy atom.